The van der Waals surface area contributed by atoms with Gasteiger partial charge in [-0.1, -0.05) is 25.2 Å². The second kappa shape index (κ2) is 7.25. The van der Waals surface area contributed by atoms with Crippen LogP contribution in [0.4, 0.5) is 0 Å². The second-order valence-electron chi connectivity index (χ2n) is 3.74. The minimum absolute atomic E-state index is 0.417. The first-order valence-electron chi connectivity index (χ1n) is 6.00. The molecule has 0 N–H and O–H groups in total. The molecule has 0 saturated carbocycles. The lowest BCUT2D eigenvalue weighted by atomic mass is 10.2. The van der Waals surface area contributed by atoms with Crippen LogP contribution in [0.3, 0.4) is 0 Å². The van der Waals surface area contributed by atoms with Crippen molar-refractivity contribution in [3.05, 3.63) is 36.4 Å². The van der Waals surface area contributed by atoms with E-state index >= 15 is 0 Å². The Kier molecular flexibility index (Phi) is 5.08. The SMILES string of the molecule is CC/C=C(\C=NC=S)c1nnc(-c2cccnc2)nn1. The summed E-state index contributed by atoms with van der Waals surface area (Å²) in [4.78, 5) is 7.90. The normalized spacial score (nSPS) is 11.8. The fraction of sp³-hybridized carbons (Fsp3) is 0.154. The number of hydrogen-bond donors (Lipinski definition) is 0. The number of rotatable bonds is 5. The number of allylic oxidation sites excluding steroid dienone is 2. The smallest absolute Gasteiger partial charge is 0.205 e. The molecule has 7 heteroatoms. The lowest BCUT2D eigenvalue weighted by molar-refractivity contribution is 0.846. The van der Waals surface area contributed by atoms with Gasteiger partial charge in [0, 0.05) is 29.7 Å². The molecule has 0 saturated heterocycles. The molecule has 2 aromatic rings. The summed E-state index contributed by atoms with van der Waals surface area (Å²) in [6, 6.07) is 3.66. The van der Waals surface area contributed by atoms with Crippen LogP contribution in [0.25, 0.3) is 17.0 Å². The summed E-state index contributed by atoms with van der Waals surface area (Å²) in [6.45, 7) is 2.01. The third-order valence-corrected chi connectivity index (χ3v) is 2.48. The number of pyridine rings is 1. The largest absolute Gasteiger partial charge is 0.264 e. The third-order valence-electron chi connectivity index (χ3n) is 2.36. The molecule has 2 heterocycles. The molecule has 0 aliphatic carbocycles. The Bertz CT molecular complexity index is 621. The standard InChI is InChI=1S/C13H12N6S/c1-2-4-10(8-15-9-20)12-16-18-13(19-17-12)11-5-3-6-14-7-11/h3-9H,2H2,1H3/b10-4+,15-8?. The maximum absolute atomic E-state index is 4.66. The highest BCUT2D eigenvalue weighted by Crippen LogP contribution is 2.11. The van der Waals surface area contributed by atoms with Gasteiger partial charge in [-0.3, -0.25) is 9.98 Å². The van der Waals surface area contributed by atoms with Crippen molar-refractivity contribution < 1.29 is 0 Å². The first-order chi connectivity index (χ1) is 9.85. The van der Waals surface area contributed by atoms with Gasteiger partial charge >= 0.3 is 0 Å². The lowest BCUT2D eigenvalue weighted by Gasteiger charge is -2.00. The molecule has 0 bridgehead atoms. The Balaban J connectivity index is 2.29. The van der Waals surface area contributed by atoms with Crippen LogP contribution in [-0.2, 0) is 0 Å². The fourth-order valence-corrected chi connectivity index (χ4v) is 1.55. The number of nitrogens with zero attached hydrogens (tertiary/aromatic N) is 6. The van der Waals surface area contributed by atoms with Crippen LogP contribution in [0.1, 0.15) is 19.2 Å². The predicted octanol–water partition coefficient (Wildman–Crippen LogP) is 2.15. The highest BCUT2D eigenvalue weighted by molar-refractivity contribution is 7.78. The van der Waals surface area contributed by atoms with Gasteiger partial charge in [0.15, 0.2) is 0 Å². The van der Waals surface area contributed by atoms with Gasteiger partial charge in [0.25, 0.3) is 0 Å². The zero-order chi connectivity index (χ0) is 14.2. The summed E-state index contributed by atoms with van der Waals surface area (Å²) in [5.41, 5.74) is 2.80. The number of aliphatic imine (C=N–C) groups is 1. The van der Waals surface area contributed by atoms with Gasteiger partial charge in [0.2, 0.25) is 11.6 Å². The van der Waals surface area contributed by atoms with E-state index in [-0.39, 0.29) is 0 Å². The highest BCUT2D eigenvalue weighted by atomic mass is 32.1. The van der Waals surface area contributed by atoms with E-state index in [1.807, 2.05) is 19.1 Å². The molecule has 0 radical (unpaired) electrons. The maximum atomic E-state index is 4.66. The molecule has 100 valence electrons. The molecule has 20 heavy (non-hydrogen) atoms. The Morgan fingerprint density at radius 2 is 2.10 bits per heavy atom. The van der Waals surface area contributed by atoms with Crippen molar-refractivity contribution in [3.63, 3.8) is 0 Å². The van der Waals surface area contributed by atoms with Gasteiger partial charge in [0.1, 0.15) is 0 Å². The number of thiocarbonyl (C=S) groups is 1. The minimum Gasteiger partial charge on any atom is -0.264 e. The van der Waals surface area contributed by atoms with Crippen LogP contribution in [0, 0.1) is 0 Å². The van der Waals surface area contributed by atoms with Crippen molar-refractivity contribution in [1.29, 1.82) is 0 Å². The molecule has 2 aromatic heterocycles. The van der Waals surface area contributed by atoms with E-state index in [1.54, 1.807) is 24.7 Å². The van der Waals surface area contributed by atoms with Gasteiger partial charge < -0.3 is 0 Å². The minimum atomic E-state index is 0.417. The van der Waals surface area contributed by atoms with Crippen molar-refractivity contribution in [2.24, 2.45) is 4.99 Å². The van der Waals surface area contributed by atoms with Crippen molar-refractivity contribution in [1.82, 2.24) is 25.4 Å². The van der Waals surface area contributed by atoms with Crippen LogP contribution in [0.15, 0.2) is 35.6 Å². The van der Waals surface area contributed by atoms with E-state index in [0.717, 1.165) is 17.6 Å². The van der Waals surface area contributed by atoms with E-state index in [9.17, 15) is 0 Å². The first-order valence-corrected chi connectivity index (χ1v) is 6.47. The van der Waals surface area contributed by atoms with Crippen LogP contribution < -0.4 is 0 Å². The quantitative estimate of drug-likeness (QED) is 0.618. The summed E-state index contributed by atoms with van der Waals surface area (Å²) in [6.07, 6.45) is 7.70. The lowest BCUT2D eigenvalue weighted by Crippen LogP contribution is -2.03. The van der Waals surface area contributed by atoms with Crippen LogP contribution in [-0.4, -0.2) is 37.1 Å². The zero-order valence-corrected chi connectivity index (χ0v) is 11.7. The number of hydrogen-bond acceptors (Lipinski definition) is 6. The van der Waals surface area contributed by atoms with Crippen LogP contribution in [0.2, 0.25) is 0 Å². The van der Waals surface area contributed by atoms with Gasteiger partial charge in [0.05, 0.1) is 5.49 Å². The summed E-state index contributed by atoms with van der Waals surface area (Å²) in [5.74, 6) is 0.851. The van der Waals surface area contributed by atoms with Crippen molar-refractivity contribution in [2.45, 2.75) is 13.3 Å². The monoisotopic (exact) mass is 284 g/mol. The molecule has 0 atom stereocenters. The average molecular weight is 284 g/mol. The molecule has 0 spiro atoms. The Labute approximate surface area is 121 Å². The maximum Gasteiger partial charge on any atom is 0.205 e. The summed E-state index contributed by atoms with van der Waals surface area (Å²) < 4.78 is 0. The summed E-state index contributed by atoms with van der Waals surface area (Å²) in [7, 11) is 0. The molecule has 0 aromatic carbocycles. The molecular formula is C13H12N6S. The van der Waals surface area contributed by atoms with E-state index in [2.05, 4.69) is 42.6 Å². The van der Waals surface area contributed by atoms with Gasteiger partial charge in [-0.2, -0.15) is 0 Å². The zero-order valence-electron chi connectivity index (χ0n) is 10.8. The van der Waals surface area contributed by atoms with Gasteiger partial charge in [-0.25, -0.2) is 0 Å². The van der Waals surface area contributed by atoms with Gasteiger partial charge in [-0.15, -0.1) is 20.4 Å². The molecule has 0 amide bonds. The van der Waals surface area contributed by atoms with Crippen molar-refractivity contribution in [2.75, 3.05) is 0 Å². The van der Waals surface area contributed by atoms with E-state index < -0.39 is 0 Å². The molecular weight excluding hydrogens is 272 g/mol. The summed E-state index contributed by atoms with van der Waals surface area (Å²) >= 11 is 4.66. The van der Waals surface area contributed by atoms with Crippen molar-refractivity contribution in [3.8, 4) is 11.4 Å². The van der Waals surface area contributed by atoms with Crippen LogP contribution in [0.5, 0.6) is 0 Å². The summed E-state index contributed by atoms with van der Waals surface area (Å²) in [5, 5.41) is 16.3. The van der Waals surface area contributed by atoms with E-state index in [1.165, 1.54) is 5.49 Å². The van der Waals surface area contributed by atoms with Crippen LogP contribution >= 0.6 is 12.2 Å². The average Bonchev–Trinajstić information content (AvgIpc) is 2.52. The van der Waals surface area contributed by atoms with Crippen molar-refractivity contribution >= 4 is 29.5 Å². The third kappa shape index (κ3) is 3.55. The van der Waals surface area contributed by atoms with E-state index in [0.29, 0.717) is 11.6 Å². The second-order valence-corrected chi connectivity index (χ2v) is 3.95. The Morgan fingerprint density at radius 1 is 1.30 bits per heavy atom. The number of aromatic nitrogens is 5. The van der Waals surface area contributed by atoms with E-state index in [4.69, 9.17) is 0 Å². The molecule has 0 aliphatic heterocycles. The molecule has 2 rings (SSSR count). The highest BCUT2D eigenvalue weighted by Gasteiger charge is 2.07. The Morgan fingerprint density at radius 3 is 2.70 bits per heavy atom. The topological polar surface area (TPSA) is 76.8 Å². The molecule has 0 unspecified atom stereocenters. The first kappa shape index (κ1) is 14.0. The molecule has 0 aliphatic rings. The Hall–Kier alpha value is -2.41. The predicted molar refractivity (Wildman–Crippen MR) is 81.3 cm³/mol. The molecule has 0 fully saturated rings. The fourth-order valence-electron chi connectivity index (χ4n) is 1.49. The molecule has 6 nitrogen and oxygen atoms in total. The van der Waals surface area contributed by atoms with Gasteiger partial charge in [-0.05, 0) is 18.6 Å².